The summed E-state index contributed by atoms with van der Waals surface area (Å²) in [6, 6.07) is 9.16. The Bertz CT molecular complexity index is 1210. The Hall–Kier alpha value is -2.74. The number of nitrogens with zero attached hydrogens (tertiary/aromatic N) is 4. The minimum absolute atomic E-state index is 0.0105. The van der Waals surface area contributed by atoms with Crippen molar-refractivity contribution in [3.8, 4) is 0 Å². The molecule has 8 heteroatoms. The molecule has 192 valence electrons. The average molecular weight is 493 g/mol. The summed E-state index contributed by atoms with van der Waals surface area (Å²) in [4.78, 5) is 37.8. The molecule has 4 fully saturated rings. The highest BCUT2D eigenvalue weighted by atomic mass is 16.6. The molecule has 1 aromatic carbocycles. The number of carboxylic acids is 1. The van der Waals surface area contributed by atoms with Crippen molar-refractivity contribution in [2.75, 3.05) is 7.11 Å². The van der Waals surface area contributed by atoms with Crippen LogP contribution in [0.2, 0.25) is 0 Å². The van der Waals surface area contributed by atoms with E-state index in [0.717, 1.165) is 30.2 Å². The highest BCUT2D eigenvalue weighted by molar-refractivity contribution is 6.41. The molecule has 6 rings (SSSR count). The SMILES string of the molecule is CO/N=C(\C(=O)O)c1nc2ccccc2n(C2C[C@H]3CCC[C@@H](C2)N3C2C[C@H]3CCC[C@H](C2)C3)c1=O. The smallest absolute Gasteiger partial charge is 0.360 e. The van der Waals surface area contributed by atoms with Gasteiger partial charge in [-0.05, 0) is 68.9 Å². The van der Waals surface area contributed by atoms with Crippen LogP contribution in [0.15, 0.2) is 34.2 Å². The zero-order chi connectivity index (χ0) is 24.8. The number of hydrogen-bond donors (Lipinski definition) is 1. The predicted molar refractivity (Wildman–Crippen MR) is 137 cm³/mol. The summed E-state index contributed by atoms with van der Waals surface area (Å²) in [5.74, 6) is 0.465. The van der Waals surface area contributed by atoms with Crippen LogP contribution in [0.25, 0.3) is 11.0 Å². The van der Waals surface area contributed by atoms with Gasteiger partial charge in [0.05, 0.1) is 11.0 Å². The van der Waals surface area contributed by atoms with Gasteiger partial charge in [0.25, 0.3) is 5.56 Å². The van der Waals surface area contributed by atoms with E-state index >= 15 is 0 Å². The number of carbonyl (C=O) groups is 1. The standard InChI is InChI=1S/C28H36N4O4/c1-36-30-26(28(34)35)25-27(33)32(24-11-3-2-10-23(24)29-25)22-15-19-8-5-9-20(16-22)31(19)21-13-17-6-4-7-18(12-17)14-21/h2-3,10-11,17-22H,4-9,12-16H2,1H3,(H,34,35)/b30-26-/t17-,18-,19-,20+,22?/m0/s1. The van der Waals surface area contributed by atoms with Crippen molar-refractivity contribution in [2.45, 2.75) is 94.8 Å². The molecule has 4 bridgehead atoms. The normalized spacial score (nSPS) is 32.9. The lowest BCUT2D eigenvalue weighted by atomic mass is 9.68. The maximum atomic E-state index is 13.8. The molecule has 3 heterocycles. The van der Waals surface area contributed by atoms with Gasteiger partial charge >= 0.3 is 5.97 Å². The lowest BCUT2D eigenvalue weighted by molar-refractivity contribution is -0.129. The van der Waals surface area contributed by atoms with E-state index in [-0.39, 0.29) is 11.7 Å². The first-order chi connectivity index (χ1) is 17.5. The Morgan fingerprint density at radius 2 is 1.61 bits per heavy atom. The quantitative estimate of drug-likeness (QED) is 0.492. The summed E-state index contributed by atoms with van der Waals surface area (Å²) in [6.07, 6.45) is 13.7. The van der Waals surface area contributed by atoms with Crippen LogP contribution < -0.4 is 5.56 Å². The average Bonchev–Trinajstić information content (AvgIpc) is 2.86. The van der Waals surface area contributed by atoms with Crippen molar-refractivity contribution in [1.82, 2.24) is 14.5 Å². The van der Waals surface area contributed by atoms with Gasteiger partial charge in [0.15, 0.2) is 5.69 Å². The molecule has 2 aliphatic carbocycles. The summed E-state index contributed by atoms with van der Waals surface area (Å²) < 4.78 is 1.82. The Labute approximate surface area is 211 Å². The first kappa shape index (κ1) is 23.6. The minimum atomic E-state index is -1.32. The number of aliphatic carboxylic acids is 1. The summed E-state index contributed by atoms with van der Waals surface area (Å²) >= 11 is 0. The fourth-order valence-electron chi connectivity index (χ4n) is 8.08. The van der Waals surface area contributed by atoms with E-state index in [1.165, 1.54) is 64.9 Å². The van der Waals surface area contributed by atoms with Crippen LogP contribution in [0.1, 0.15) is 82.4 Å². The molecule has 2 aromatic rings. The van der Waals surface area contributed by atoms with Gasteiger partial charge in [0.1, 0.15) is 7.11 Å². The maximum absolute atomic E-state index is 13.8. The number of benzene rings is 1. The van der Waals surface area contributed by atoms with E-state index in [1.54, 1.807) is 0 Å². The number of piperidine rings is 2. The van der Waals surface area contributed by atoms with Crippen molar-refractivity contribution in [3.63, 3.8) is 0 Å². The van der Waals surface area contributed by atoms with Gasteiger partial charge in [-0.2, -0.15) is 0 Å². The second kappa shape index (κ2) is 9.61. The maximum Gasteiger partial charge on any atom is 0.360 e. The molecule has 8 nitrogen and oxygen atoms in total. The molecule has 1 aromatic heterocycles. The Balaban J connectivity index is 1.37. The fraction of sp³-hybridized carbons (Fsp3) is 0.643. The number of para-hydroxylation sites is 2. The third kappa shape index (κ3) is 4.13. The molecule has 0 amide bonds. The summed E-state index contributed by atoms with van der Waals surface area (Å²) in [7, 11) is 1.28. The van der Waals surface area contributed by atoms with E-state index in [0.29, 0.717) is 23.6 Å². The molecule has 2 aliphatic heterocycles. The third-order valence-electron chi connectivity index (χ3n) is 9.30. The van der Waals surface area contributed by atoms with Crippen LogP contribution in [0.5, 0.6) is 0 Å². The molecule has 4 aliphatic rings. The third-order valence-corrected chi connectivity index (χ3v) is 9.30. The van der Waals surface area contributed by atoms with Crippen molar-refractivity contribution >= 4 is 22.7 Å². The lowest BCUT2D eigenvalue weighted by Gasteiger charge is -2.55. The summed E-state index contributed by atoms with van der Waals surface area (Å²) in [6.45, 7) is 0. The van der Waals surface area contributed by atoms with Crippen LogP contribution in [-0.2, 0) is 9.63 Å². The molecule has 1 unspecified atom stereocenters. The molecular formula is C28H36N4O4. The first-order valence-electron chi connectivity index (χ1n) is 13.7. The van der Waals surface area contributed by atoms with Crippen LogP contribution in [0, 0.1) is 11.8 Å². The van der Waals surface area contributed by atoms with E-state index in [9.17, 15) is 14.7 Å². The first-order valence-corrected chi connectivity index (χ1v) is 13.7. The number of oxime groups is 1. The number of fused-ring (bicyclic) bond motifs is 5. The van der Waals surface area contributed by atoms with Gasteiger partial charge in [0, 0.05) is 24.2 Å². The second-order valence-electron chi connectivity index (χ2n) is 11.4. The molecule has 36 heavy (non-hydrogen) atoms. The molecule has 2 saturated heterocycles. The monoisotopic (exact) mass is 492 g/mol. The highest BCUT2D eigenvalue weighted by Crippen LogP contribution is 2.47. The summed E-state index contributed by atoms with van der Waals surface area (Å²) in [5, 5.41) is 13.4. The van der Waals surface area contributed by atoms with Crippen LogP contribution in [0.4, 0.5) is 0 Å². The zero-order valence-electron chi connectivity index (χ0n) is 21.0. The highest BCUT2D eigenvalue weighted by Gasteiger charge is 2.45. The van der Waals surface area contributed by atoms with Gasteiger partial charge < -0.3 is 14.5 Å². The van der Waals surface area contributed by atoms with Crippen LogP contribution in [0.3, 0.4) is 0 Å². The number of rotatable bonds is 5. The lowest BCUT2D eigenvalue weighted by Crippen LogP contribution is -2.58. The number of carboxylic acid groups (broad SMARTS) is 1. The Kier molecular flexibility index (Phi) is 6.32. The number of hydrogen-bond acceptors (Lipinski definition) is 6. The minimum Gasteiger partial charge on any atom is -0.476 e. The molecule has 1 N–H and O–H groups in total. The van der Waals surface area contributed by atoms with E-state index in [2.05, 4.69) is 15.0 Å². The molecule has 5 atom stereocenters. The zero-order valence-corrected chi connectivity index (χ0v) is 21.0. The second-order valence-corrected chi connectivity index (χ2v) is 11.4. The van der Waals surface area contributed by atoms with Crippen molar-refractivity contribution < 1.29 is 14.7 Å². The Morgan fingerprint density at radius 3 is 2.28 bits per heavy atom. The molecule has 2 saturated carbocycles. The van der Waals surface area contributed by atoms with E-state index in [4.69, 9.17) is 4.84 Å². The number of aromatic nitrogens is 2. The van der Waals surface area contributed by atoms with Crippen molar-refractivity contribution in [3.05, 3.63) is 40.3 Å². The summed E-state index contributed by atoms with van der Waals surface area (Å²) in [5.41, 5.74) is 0.363. The topological polar surface area (TPSA) is 97.0 Å². The van der Waals surface area contributed by atoms with E-state index in [1.807, 2.05) is 28.8 Å². The Morgan fingerprint density at radius 1 is 0.944 bits per heavy atom. The molecule has 0 spiro atoms. The predicted octanol–water partition coefficient (Wildman–Crippen LogP) is 4.36. The van der Waals surface area contributed by atoms with Gasteiger partial charge in [-0.25, -0.2) is 9.78 Å². The largest absolute Gasteiger partial charge is 0.476 e. The van der Waals surface area contributed by atoms with Gasteiger partial charge in [0.2, 0.25) is 5.71 Å². The van der Waals surface area contributed by atoms with Crippen LogP contribution >= 0.6 is 0 Å². The van der Waals surface area contributed by atoms with Gasteiger partial charge in [-0.15, -0.1) is 0 Å². The molecular weight excluding hydrogens is 456 g/mol. The van der Waals surface area contributed by atoms with Gasteiger partial charge in [-0.3, -0.25) is 9.69 Å². The van der Waals surface area contributed by atoms with Gasteiger partial charge in [-0.1, -0.05) is 43.0 Å². The fourth-order valence-corrected chi connectivity index (χ4v) is 8.08. The van der Waals surface area contributed by atoms with Crippen LogP contribution in [-0.4, -0.2) is 56.5 Å². The van der Waals surface area contributed by atoms with Crippen molar-refractivity contribution in [1.29, 1.82) is 0 Å². The molecule has 0 radical (unpaired) electrons. The van der Waals surface area contributed by atoms with E-state index < -0.39 is 17.2 Å². The van der Waals surface area contributed by atoms with Crippen molar-refractivity contribution in [2.24, 2.45) is 17.0 Å².